The molecule has 152 valence electrons. The predicted molar refractivity (Wildman–Crippen MR) is 103 cm³/mol. The molecule has 4 aliphatic carbocycles. The molecule has 4 atom stereocenters. The number of carbonyl (C=O) groups is 3. The van der Waals surface area contributed by atoms with E-state index >= 15 is 0 Å². The van der Waals surface area contributed by atoms with Crippen LogP contribution in [0.1, 0.15) is 72.1 Å². The van der Waals surface area contributed by atoms with Crippen molar-refractivity contribution in [3.63, 3.8) is 0 Å². The van der Waals surface area contributed by atoms with Crippen molar-refractivity contribution in [3.05, 3.63) is 22.8 Å². The Morgan fingerprint density at radius 1 is 1.14 bits per heavy atom. The molecule has 4 rings (SSSR count). The lowest BCUT2D eigenvalue weighted by molar-refractivity contribution is -0.162. The van der Waals surface area contributed by atoms with Gasteiger partial charge in [0, 0.05) is 24.2 Å². The molecule has 0 aromatic heterocycles. The largest absolute Gasteiger partial charge is 0.458 e. The van der Waals surface area contributed by atoms with Crippen molar-refractivity contribution in [2.45, 2.75) is 77.7 Å². The van der Waals surface area contributed by atoms with Gasteiger partial charge in [-0.3, -0.25) is 14.4 Å². The van der Waals surface area contributed by atoms with E-state index < -0.39 is 17.0 Å². The maximum atomic E-state index is 12.8. The highest BCUT2D eigenvalue weighted by Gasteiger charge is 2.63. The van der Waals surface area contributed by atoms with Gasteiger partial charge in [-0.1, -0.05) is 30.6 Å². The summed E-state index contributed by atoms with van der Waals surface area (Å²) in [6.45, 7) is 5.23. The highest BCUT2D eigenvalue weighted by molar-refractivity contribution is 5.92. The topological polar surface area (TPSA) is 80.7 Å². The van der Waals surface area contributed by atoms with Gasteiger partial charge in [0.15, 0.2) is 12.4 Å². The van der Waals surface area contributed by atoms with Crippen molar-refractivity contribution in [3.8, 4) is 0 Å². The maximum Gasteiger partial charge on any atom is 0.303 e. The van der Waals surface area contributed by atoms with Gasteiger partial charge >= 0.3 is 5.97 Å². The molecule has 0 spiro atoms. The molecule has 0 aromatic carbocycles. The van der Waals surface area contributed by atoms with Crippen LogP contribution < -0.4 is 0 Å². The van der Waals surface area contributed by atoms with Crippen LogP contribution in [0.2, 0.25) is 0 Å². The van der Waals surface area contributed by atoms with Gasteiger partial charge in [-0.05, 0) is 56.9 Å². The molecule has 1 fully saturated rings. The predicted octanol–water partition coefficient (Wildman–Crippen LogP) is 3.45. The molecule has 0 unspecified atom stereocenters. The molecule has 1 N–H and O–H groups in total. The van der Waals surface area contributed by atoms with Crippen molar-refractivity contribution in [2.75, 3.05) is 6.61 Å². The van der Waals surface area contributed by atoms with Gasteiger partial charge in [-0.15, -0.1) is 0 Å². The highest BCUT2D eigenvalue weighted by Crippen LogP contribution is 2.65. The normalized spacial score (nSPS) is 39.6. The summed E-state index contributed by atoms with van der Waals surface area (Å²) in [4.78, 5) is 35.9. The quantitative estimate of drug-likeness (QED) is 0.594. The molecule has 0 radical (unpaired) electrons. The summed E-state index contributed by atoms with van der Waals surface area (Å²) in [5.74, 6) is -0.457. The molecule has 0 saturated heterocycles. The Balaban J connectivity index is 1.68. The van der Waals surface area contributed by atoms with Crippen molar-refractivity contribution >= 4 is 17.5 Å². The minimum Gasteiger partial charge on any atom is -0.458 e. The summed E-state index contributed by atoms with van der Waals surface area (Å²) in [7, 11) is 0. The van der Waals surface area contributed by atoms with E-state index in [1.165, 1.54) is 23.6 Å². The number of hydrogen-bond donors (Lipinski definition) is 1. The second-order valence-corrected chi connectivity index (χ2v) is 9.54. The summed E-state index contributed by atoms with van der Waals surface area (Å²) >= 11 is 0. The van der Waals surface area contributed by atoms with Gasteiger partial charge in [-0.25, -0.2) is 0 Å². The number of hydrogen-bond acceptors (Lipinski definition) is 5. The Kier molecular flexibility index (Phi) is 4.46. The van der Waals surface area contributed by atoms with Crippen molar-refractivity contribution < 1.29 is 24.2 Å². The summed E-state index contributed by atoms with van der Waals surface area (Å²) in [6.07, 6.45) is 7.96. The number of allylic oxidation sites excluding steroid dienone is 4. The third-order valence-corrected chi connectivity index (χ3v) is 8.32. The zero-order valence-corrected chi connectivity index (χ0v) is 17.1. The Bertz CT molecular complexity index is 821. The molecule has 0 aromatic rings. The molecule has 0 bridgehead atoms. The monoisotopic (exact) mass is 386 g/mol. The van der Waals surface area contributed by atoms with Crippen molar-refractivity contribution in [2.24, 2.45) is 16.7 Å². The summed E-state index contributed by atoms with van der Waals surface area (Å²) < 4.78 is 4.91. The fraction of sp³-hybridized carbons (Fsp3) is 0.696. The lowest BCUT2D eigenvalue weighted by Gasteiger charge is -2.52. The number of carbonyl (C=O) groups excluding carboxylic acids is 3. The first-order valence-corrected chi connectivity index (χ1v) is 10.5. The van der Waals surface area contributed by atoms with Crippen molar-refractivity contribution in [1.29, 1.82) is 0 Å². The average Bonchev–Trinajstić information content (AvgIpc) is 2.92. The SMILES string of the molecule is CC(=O)OCC(=O)[C@@]1(O)CC[C@H]2C3=C(CC[C@@]21C)[C@@]1(C)CCC(=O)C=C1CC3. The number of Topliss-reactive ketones (excluding diaryl/α,β-unsaturated/α-hetero) is 1. The van der Waals surface area contributed by atoms with Crippen LogP contribution in [0.4, 0.5) is 0 Å². The number of ether oxygens (including phenoxy) is 1. The van der Waals surface area contributed by atoms with Crippen LogP contribution in [0.3, 0.4) is 0 Å². The lowest BCUT2D eigenvalue weighted by Crippen LogP contribution is -2.54. The second kappa shape index (κ2) is 6.38. The van der Waals surface area contributed by atoms with Crippen molar-refractivity contribution in [1.82, 2.24) is 0 Å². The van der Waals surface area contributed by atoms with Gasteiger partial charge in [0.2, 0.25) is 5.78 Å². The zero-order chi connectivity index (χ0) is 20.3. The second-order valence-electron chi connectivity index (χ2n) is 9.54. The number of esters is 1. The van der Waals surface area contributed by atoms with Crippen LogP contribution >= 0.6 is 0 Å². The van der Waals surface area contributed by atoms with E-state index in [1.807, 2.05) is 13.0 Å². The Morgan fingerprint density at radius 2 is 1.89 bits per heavy atom. The molecule has 1 saturated carbocycles. The molecule has 0 amide bonds. The molecular weight excluding hydrogens is 356 g/mol. The number of rotatable bonds is 3. The maximum absolute atomic E-state index is 12.8. The van der Waals surface area contributed by atoms with Crippen LogP contribution in [0.15, 0.2) is 22.8 Å². The van der Waals surface area contributed by atoms with E-state index in [-0.39, 0.29) is 29.5 Å². The number of ketones is 2. The molecule has 0 heterocycles. The first-order valence-electron chi connectivity index (χ1n) is 10.5. The summed E-state index contributed by atoms with van der Waals surface area (Å²) in [5, 5.41) is 11.4. The van der Waals surface area contributed by atoms with Crippen LogP contribution in [-0.4, -0.2) is 34.9 Å². The third kappa shape index (κ3) is 2.58. The third-order valence-electron chi connectivity index (χ3n) is 8.32. The highest BCUT2D eigenvalue weighted by atomic mass is 16.5. The lowest BCUT2D eigenvalue weighted by atomic mass is 9.52. The number of aliphatic hydroxyl groups is 1. The van der Waals surface area contributed by atoms with Crippen LogP contribution in [0, 0.1) is 16.7 Å². The summed E-state index contributed by atoms with van der Waals surface area (Å²) in [6, 6.07) is 0. The van der Waals surface area contributed by atoms with Crippen LogP contribution in [0.5, 0.6) is 0 Å². The minimum atomic E-state index is -1.44. The van der Waals surface area contributed by atoms with Gasteiger partial charge in [0.25, 0.3) is 0 Å². The molecule has 28 heavy (non-hydrogen) atoms. The molecule has 5 heteroatoms. The van der Waals surface area contributed by atoms with Crippen LogP contribution in [0.25, 0.3) is 0 Å². The van der Waals surface area contributed by atoms with E-state index in [9.17, 15) is 19.5 Å². The van der Waals surface area contributed by atoms with E-state index in [4.69, 9.17) is 4.74 Å². The smallest absolute Gasteiger partial charge is 0.303 e. The van der Waals surface area contributed by atoms with E-state index in [0.29, 0.717) is 12.8 Å². The molecule has 5 nitrogen and oxygen atoms in total. The van der Waals surface area contributed by atoms with Gasteiger partial charge in [-0.2, -0.15) is 0 Å². The number of fused-ring (bicyclic) bond motifs is 4. The average molecular weight is 386 g/mol. The van der Waals surface area contributed by atoms with E-state index in [1.54, 1.807) is 0 Å². The fourth-order valence-electron chi connectivity index (χ4n) is 6.56. The first-order chi connectivity index (χ1) is 13.1. The van der Waals surface area contributed by atoms with E-state index in [2.05, 4.69) is 6.92 Å². The molecular formula is C23H30O5. The van der Waals surface area contributed by atoms with Gasteiger partial charge in [0.05, 0.1) is 0 Å². The molecule has 0 aliphatic heterocycles. The Labute approximate surface area is 166 Å². The molecule has 4 aliphatic rings. The standard InChI is InChI=1S/C23H30O5/c1-14(24)28-13-20(26)23(27)11-8-19-17-5-4-15-12-16(25)6-9-21(15,2)18(17)7-10-22(19,23)3/h12,19,27H,4-11,13H2,1-3H3/t19-,21-,22-,23-/m0/s1. The van der Waals surface area contributed by atoms with E-state index in [0.717, 1.165) is 38.5 Å². The van der Waals surface area contributed by atoms with Gasteiger partial charge in [0.1, 0.15) is 5.60 Å². The Morgan fingerprint density at radius 3 is 2.61 bits per heavy atom. The van der Waals surface area contributed by atoms with Crippen LogP contribution in [-0.2, 0) is 19.1 Å². The Hall–Kier alpha value is -1.75. The first kappa shape index (κ1) is 19.6. The van der Waals surface area contributed by atoms with Gasteiger partial charge < -0.3 is 9.84 Å². The zero-order valence-electron chi connectivity index (χ0n) is 17.1. The minimum absolute atomic E-state index is 0.0364. The fourth-order valence-corrected chi connectivity index (χ4v) is 6.56. The summed E-state index contributed by atoms with van der Waals surface area (Å²) in [5.41, 5.74) is 2.14.